The van der Waals surface area contributed by atoms with E-state index in [1.165, 1.54) is 4.90 Å². The van der Waals surface area contributed by atoms with Gasteiger partial charge < -0.3 is 15.3 Å². The highest BCUT2D eigenvalue weighted by atomic mass is 16.3. The minimum Gasteiger partial charge on any atom is -0.392 e. The van der Waals surface area contributed by atoms with Gasteiger partial charge in [-0.25, -0.2) is 0 Å². The van der Waals surface area contributed by atoms with E-state index in [9.17, 15) is 9.59 Å². The van der Waals surface area contributed by atoms with Crippen LogP contribution in [0.2, 0.25) is 0 Å². The quantitative estimate of drug-likeness (QED) is 0.715. The zero-order chi connectivity index (χ0) is 11.5. The van der Waals surface area contributed by atoms with Crippen molar-refractivity contribution in [1.82, 2.24) is 5.32 Å². The molecule has 2 amide bonds. The number of carbonyl (C=O) groups is 2. The van der Waals surface area contributed by atoms with Gasteiger partial charge in [-0.05, 0) is 17.7 Å². The molecule has 0 spiro atoms. The van der Waals surface area contributed by atoms with Gasteiger partial charge in [-0.1, -0.05) is 12.1 Å². The Balaban J connectivity index is 2.27. The average Bonchev–Trinajstić information content (AvgIpc) is 2.32. The summed E-state index contributed by atoms with van der Waals surface area (Å²) in [6.07, 6.45) is 0. The summed E-state index contributed by atoms with van der Waals surface area (Å²) in [5.74, 6) is -0.316. The zero-order valence-electron chi connectivity index (χ0n) is 8.64. The molecule has 1 fully saturated rings. The van der Waals surface area contributed by atoms with Crippen molar-refractivity contribution in [3.8, 4) is 0 Å². The third-order valence-corrected chi connectivity index (χ3v) is 2.44. The van der Waals surface area contributed by atoms with Crippen molar-refractivity contribution in [1.29, 1.82) is 0 Å². The van der Waals surface area contributed by atoms with Gasteiger partial charge in [-0.2, -0.15) is 0 Å². The molecule has 5 nitrogen and oxygen atoms in total. The Bertz CT molecular complexity index is 431. The molecule has 2 N–H and O–H groups in total. The van der Waals surface area contributed by atoms with Crippen LogP contribution in [0.25, 0.3) is 0 Å². The molecule has 0 aromatic heterocycles. The lowest BCUT2D eigenvalue weighted by Gasteiger charge is -2.26. The number of hydrogen-bond donors (Lipinski definition) is 2. The molecule has 0 atom stereocenters. The number of aliphatic hydroxyl groups is 1. The highest BCUT2D eigenvalue weighted by Crippen LogP contribution is 2.17. The first kappa shape index (κ1) is 10.6. The van der Waals surface area contributed by atoms with Gasteiger partial charge in [0.2, 0.25) is 11.8 Å². The van der Waals surface area contributed by atoms with E-state index in [1.54, 1.807) is 24.3 Å². The molecular formula is C11H12N2O3. The predicted molar refractivity (Wildman–Crippen MR) is 57.7 cm³/mol. The Morgan fingerprint density at radius 3 is 2.94 bits per heavy atom. The maximum Gasteiger partial charge on any atom is 0.246 e. The summed E-state index contributed by atoms with van der Waals surface area (Å²) in [4.78, 5) is 24.2. The molecule has 1 saturated heterocycles. The summed E-state index contributed by atoms with van der Waals surface area (Å²) in [5, 5.41) is 11.5. The van der Waals surface area contributed by atoms with Crippen LogP contribution in [-0.4, -0.2) is 30.0 Å². The number of amides is 2. The van der Waals surface area contributed by atoms with Crippen LogP contribution in [0.15, 0.2) is 24.3 Å². The molecule has 0 aliphatic carbocycles. The molecule has 84 valence electrons. The van der Waals surface area contributed by atoms with Crippen molar-refractivity contribution in [2.24, 2.45) is 0 Å². The molecule has 0 bridgehead atoms. The second-order valence-electron chi connectivity index (χ2n) is 3.58. The first-order valence-corrected chi connectivity index (χ1v) is 4.97. The standard InChI is InChI=1S/C11H12N2O3/c14-7-8-2-1-3-9(4-8)13-6-10(15)12-5-11(13)16/h1-4,14H,5-7H2,(H,12,15). The Morgan fingerprint density at radius 1 is 1.38 bits per heavy atom. The fraction of sp³-hybridized carbons (Fsp3) is 0.273. The summed E-state index contributed by atoms with van der Waals surface area (Å²) >= 11 is 0. The molecular weight excluding hydrogens is 208 g/mol. The first-order valence-electron chi connectivity index (χ1n) is 4.97. The van der Waals surface area contributed by atoms with Crippen molar-refractivity contribution in [2.45, 2.75) is 6.61 Å². The number of nitrogens with zero attached hydrogens (tertiary/aromatic N) is 1. The van der Waals surface area contributed by atoms with E-state index in [0.717, 1.165) is 5.56 Å². The van der Waals surface area contributed by atoms with Crippen molar-refractivity contribution in [3.63, 3.8) is 0 Å². The summed E-state index contributed by atoms with van der Waals surface area (Å²) in [7, 11) is 0. The molecule has 0 saturated carbocycles. The van der Waals surface area contributed by atoms with Crippen LogP contribution in [0.1, 0.15) is 5.56 Å². The zero-order valence-corrected chi connectivity index (χ0v) is 8.64. The van der Waals surface area contributed by atoms with Crippen molar-refractivity contribution >= 4 is 17.5 Å². The van der Waals surface area contributed by atoms with E-state index < -0.39 is 0 Å². The third kappa shape index (κ3) is 2.04. The lowest BCUT2D eigenvalue weighted by atomic mass is 10.2. The topological polar surface area (TPSA) is 69.6 Å². The van der Waals surface area contributed by atoms with Gasteiger partial charge >= 0.3 is 0 Å². The predicted octanol–water partition coefficient (Wildman–Crippen LogP) is -0.358. The molecule has 1 aromatic carbocycles. The van der Waals surface area contributed by atoms with Gasteiger partial charge in [0.25, 0.3) is 0 Å². The van der Waals surface area contributed by atoms with E-state index in [1.807, 2.05) is 0 Å². The van der Waals surface area contributed by atoms with Crippen molar-refractivity contribution in [3.05, 3.63) is 29.8 Å². The average molecular weight is 220 g/mol. The number of carbonyl (C=O) groups excluding carboxylic acids is 2. The molecule has 1 aromatic rings. The second-order valence-corrected chi connectivity index (χ2v) is 3.58. The maximum absolute atomic E-state index is 11.6. The largest absolute Gasteiger partial charge is 0.392 e. The number of nitrogens with one attached hydrogen (secondary N) is 1. The monoisotopic (exact) mass is 220 g/mol. The second kappa shape index (κ2) is 4.32. The van der Waals surface area contributed by atoms with E-state index >= 15 is 0 Å². The Kier molecular flexibility index (Phi) is 2.87. The summed E-state index contributed by atoms with van der Waals surface area (Å²) in [6.45, 7) is -0.0159. The lowest BCUT2D eigenvalue weighted by molar-refractivity contribution is -0.128. The third-order valence-electron chi connectivity index (χ3n) is 2.44. The van der Waals surface area contributed by atoms with Crippen LogP contribution in [0.4, 0.5) is 5.69 Å². The highest BCUT2D eigenvalue weighted by Gasteiger charge is 2.24. The Hall–Kier alpha value is -1.88. The fourth-order valence-corrected chi connectivity index (χ4v) is 1.62. The molecule has 1 aliphatic heterocycles. The number of rotatable bonds is 2. The van der Waals surface area contributed by atoms with Crippen LogP contribution in [0, 0.1) is 0 Å². The fourth-order valence-electron chi connectivity index (χ4n) is 1.62. The molecule has 5 heteroatoms. The van der Waals surface area contributed by atoms with E-state index in [2.05, 4.69) is 5.32 Å². The summed E-state index contributed by atoms with van der Waals surface area (Å²) in [5.41, 5.74) is 1.36. The SMILES string of the molecule is O=C1CN(c2cccc(CO)c2)C(=O)CN1. The summed E-state index contributed by atoms with van der Waals surface area (Å²) in [6, 6.07) is 6.96. The molecule has 1 aliphatic rings. The van der Waals surface area contributed by atoms with Crippen molar-refractivity contribution in [2.75, 3.05) is 18.0 Å². The number of anilines is 1. The number of hydrogen-bond acceptors (Lipinski definition) is 3. The van der Waals surface area contributed by atoms with Gasteiger partial charge in [-0.15, -0.1) is 0 Å². The molecule has 2 rings (SSSR count). The smallest absolute Gasteiger partial charge is 0.246 e. The lowest BCUT2D eigenvalue weighted by Crippen LogP contribution is -2.51. The van der Waals surface area contributed by atoms with E-state index in [-0.39, 0.29) is 31.5 Å². The Morgan fingerprint density at radius 2 is 2.19 bits per heavy atom. The van der Waals surface area contributed by atoms with Crippen LogP contribution >= 0.6 is 0 Å². The van der Waals surface area contributed by atoms with E-state index in [0.29, 0.717) is 5.69 Å². The van der Waals surface area contributed by atoms with Gasteiger partial charge in [0.15, 0.2) is 0 Å². The van der Waals surface area contributed by atoms with Crippen LogP contribution in [0.5, 0.6) is 0 Å². The molecule has 16 heavy (non-hydrogen) atoms. The Labute approximate surface area is 92.7 Å². The molecule has 1 heterocycles. The summed E-state index contributed by atoms with van der Waals surface area (Å²) < 4.78 is 0. The number of piperazine rings is 1. The first-order chi connectivity index (χ1) is 7.70. The number of benzene rings is 1. The molecule has 0 unspecified atom stereocenters. The van der Waals surface area contributed by atoms with Crippen molar-refractivity contribution < 1.29 is 14.7 Å². The van der Waals surface area contributed by atoms with Gasteiger partial charge in [0.05, 0.1) is 13.2 Å². The number of aliphatic hydroxyl groups excluding tert-OH is 1. The maximum atomic E-state index is 11.6. The van der Waals surface area contributed by atoms with Crippen LogP contribution < -0.4 is 10.2 Å². The van der Waals surface area contributed by atoms with Gasteiger partial charge in [0.1, 0.15) is 6.54 Å². The molecule has 0 radical (unpaired) electrons. The van der Waals surface area contributed by atoms with Crippen LogP contribution in [-0.2, 0) is 16.2 Å². The van der Waals surface area contributed by atoms with Crippen LogP contribution in [0.3, 0.4) is 0 Å². The minimum absolute atomic E-state index is 0.0299. The normalized spacial score (nSPS) is 16.2. The van der Waals surface area contributed by atoms with Gasteiger partial charge in [0, 0.05) is 5.69 Å². The minimum atomic E-state index is -0.172. The van der Waals surface area contributed by atoms with E-state index in [4.69, 9.17) is 5.11 Å². The highest BCUT2D eigenvalue weighted by molar-refractivity contribution is 6.04. The van der Waals surface area contributed by atoms with Gasteiger partial charge in [-0.3, -0.25) is 9.59 Å².